The zero-order valence-electron chi connectivity index (χ0n) is 9.57. The minimum atomic E-state index is -4.06. The van der Waals surface area contributed by atoms with Crippen LogP contribution >= 0.6 is 15.9 Å². The average molecular weight is 310 g/mol. The lowest BCUT2D eigenvalue weighted by atomic mass is 10.1. The van der Waals surface area contributed by atoms with Crippen molar-refractivity contribution >= 4 is 21.6 Å². The van der Waals surface area contributed by atoms with Crippen LogP contribution in [0.5, 0.6) is 0 Å². The summed E-state index contributed by atoms with van der Waals surface area (Å²) in [7, 11) is 0. The number of nitrogens with one attached hydrogen (secondary N) is 1. The van der Waals surface area contributed by atoms with Gasteiger partial charge < -0.3 is 5.32 Å². The topological polar surface area (TPSA) is 12.0 Å². The smallest absolute Gasteiger partial charge is 0.385 e. The molecule has 5 heteroatoms. The molecule has 0 saturated carbocycles. The van der Waals surface area contributed by atoms with Crippen LogP contribution in [0.25, 0.3) is 0 Å². The molecule has 0 fully saturated rings. The third-order valence-electron chi connectivity index (χ3n) is 2.40. The van der Waals surface area contributed by atoms with E-state index in [0.717, 1.165) is 22.1 Å². The summed E-state index contributed by atoms with van der Waals surface area (Å²) in [5, 5.41) is 3.04. The minimum Gasteiger partial charge on any atom is -0.385 e. The van der Waals surface area contributed by atoms with E-state index in [1.165, 1.54) is 0 Å². The van der Waals surface area contributed by atoms with Crippen LogP contribution in [-0.2, 0) is 6.42 Å². The molecule has 96 valence electrons. The second kappa shape index (κ2) is 6.28. The molecule has 0 spiro atoms. The Morgan fingerprint density at radius 3 is 2.59 bits per heavy atom. The molecule has 1 aromatic carbocycles. The van der Waals surface area contributed by atoms with Gasteiger partial charge in [0.15, 0.2) is 0 Å². The number of alkyl halides is 3. The fourth-order valence-electron chi connectivity index (χ4n) is 1.54. The molecule has 0 heterocycles. The maximum Gasteiger partial charge on any atom is 0.389 e. The van der Waals surface area contributed by atoms with Crippen LogP contribution in [0.15, 0.2) is 22.7 Å². The normalized spacial score (nSPS) is 11.6. The first kappa shape index (κ1) is 14.4. The monoisotopic (exact) mass is 309 g/mol. The van der Waals surface area contributed by atoms with Crippen LogP contribution in [0.3, 0.4) is 0 Å². The highest BCUT2D eigenvalue weighted by molar-refractivity contribution is 9.10. The van der Waals surface area contributed by atoms with E-state index in [1.807, 2.05) is 25.1 Å². The molecule has 1 N–H and O–H groups in total. The number of aryl methyl sites for hydroxylation is 1. The molecule has 0 atom stereocenters. The van der Waals surface area contributed by atoms with Crippen molar-refractivity contribution in [2.24, 2.45) is 0 Å². The molecule has 0 aliphatic rings. The molecule has 1 rings (SSSR count). The van der Waals surface area contributed by atoms with Gasteiger partial charge >= 0.3 is 6.18 Å². The summed E-state index contributed by atoms with van der Waals surface area (Å²) in [6.07, 6.45) is -3.85. The van der Waals surface area contributed by atoms with Crippen molar-refractivity contribution in [2.75, 3.05) is 11.9 Å². The Bertz CT molecular complexity index is 363. The van der Waals surface area contributed by atoms with E-state index in [9.17, 15) is 13.2 Å². The Morgan fingerprint density at radius 2 is 2.00 bits per heavy atom. The summed E-state index contributed by atoms with van der Waals surface area (Å²) in [6, 6.07) is 5.74. The fraction of sp³-hybridized carbons (Fsp3) is 0.500. The molecule has 0 aliphatic heterocycles. The second-order valence-corrected chi connectivity index (χ2v) is 4.72. The highest BCUT2D eigenvalue weighted by Crippen LogP contribution is 2.23. The van der Waals surface area contributed by atoms with Gasteiger partial charge in [-0.3, -0.25) is 0 Å². The number of hydrogen-bond donors (Lipinski definition) is 1. The van der Waals surface area contributed by atoms with Crippen LogP contribution in [0.4, 0.5) is 18.9 Å². The van der Waals surface area contributed by atoms with Crippen LogP contribution in [0.1, 0.15) is 25.3 Å². The first-order valence-electron chi connectivity index (χ1n) is 5.51. The van der Waals surface area contributed by atoms with E-state index < -0.39 is 12.6 Å². The van der Waals surface area contributed by atoms with Crippen molar-refractivity contribution in [3.8, 4) is 0 Å². The van der Waals surface area contributed by atoms with Gasteiger partial charge in [0, 0.05) is 23.1 Å². The Morgan fingerprint density at radius 1 is 1.29 bits per heavy atom. The number of anilines is 1. The summed E-state index contributed by atoms with van der Waals surface area (Å²) in [5.74, 6) is 0. The van der Waals surface area contributed by atoms with Crippen LogP contribution < -0.4 is 5.32 Å². The highest BCUT2D eigenvalue weighted by Gasteiger charge is 2.25. The largest absolute Gasteiger partial charge is 0.389 e. The third kappa shape index (κ3) is 5.44. The molecule has 1 aromatic rings. The SMILES string of the molecule is CCc1cc(Br)ccc1NCCCC(F)(F)F. The van der Waals surface area contributed by atoms with Crippen molar-refractivity contribution in [1.82, 2.24) is 0 Å². The standard InChI is InChI=1S/C12H15BrF3N/c1-2-9-8-10(13)4-5-11(9)17-7-3-6-12(14,15)16/h4-5,8,17H,2-3,6-7H2,1H3. The Labute approximate surface area is 108 Å². The fourth-order valence-corrected chi connectivity index (χ4v) is 1.95. The zero-order chi connectivity index (χ0) is 12.9. The summed E-state index contributed by atoms with van der Waals surface area (Å²) < 4.78 is 36.8. The van der Waals surface area contributed by atoms with Gasteiger partial charge in [-0.1, -0.05) is 22.9 Å². The van der Waals surface area contributed by atoms with Gasteiger partial charge in [-0.2, -0.15) is 13.2 Å². The van der Waals surface area contributed by atoms with Crippen molar-refractivity contribution in [1.29, 1.82) is 0 Å². The molecule has 0 saturated heterocycles. The van der Waals surface area contributed by atoms with E-state index in [-0.39, 0.29) is 6.42 Å². The van der Waals surface area contributed by atoms with Gasteiger partial charge in [0.2, 0.25) is 0 Å². The number of rotatable bonds is 5. The summed E-state index contributed by atoms with van der Waals surface area (Å²) >= 11 is 3.37. The van der Waals surface area contributed by atoms with Gasteiger partial charge in [0.25, 0.3) is 0 Å². The first-order valence-corrected chi connectivity index (χ1v) is 6.30. The second-order valence-electron chi connectivity index (χ2n) is 3.80. The molecule has 0 aromatic heterocycles. The predicted molar refractivity (Wildman–Crippen MR) is 67.3 cm³/mol. The summed E-state index contributed by atoms with van der Waals surface area (Å²) in [4.78, 5) is 0. The Kier molecular flexibility index (Phi) is 5.31. The lowest BCUT2D eigenvalue weighted by Gasteiger charge is -2.12. The van der Waals surface area contributed by atoms with Crippen molar-refractivity contribution in [3.05, 3.63) is 28.2 Å². The zero-order valence-corrected chi connectivity index (χ0v) is 11.2. The number of halogens is 4. The van der Waals surface area contributed by atoms with E-state index in [0.29, 0.717) is 6.54 Å². The Balaban J connectivity index is 2.46. The van der Waals surface area contributed by atoms with Crippen LogP contribution in [0, 0.1) is 0 Å². The van der Waals surface area contributed by atoms with Crippen molar-refractivity contribution in [2.45, 2.75) is 32.4 Å². The first-order chi connectivity index (χ1) is 7.92. The molecule has 0 radical (unpaired) electrons. The van der Waals surface area contributed by atoms with Gasteiger partial charge in [-0.05, 0) is 36.6 Å². The van der Waals surface area contributed by atoms with Crippen molar-refractivity contribution < 1.29 is 13.2 Å². The molecular weight excluding hydrogens is 295 g/mol. The number of benzene rings is 1. The quantitative estimate of drug-likeness (QED) is 0.773. The van der Waals surface area contributed by atoms with Crippen LogP contribution in [-0.4, -0.2) is 12.7 Å². The average Bonchev–Trinajstić information content (AvgIpc) is 2.24. The van der Waals surface area contributed by atoms with E-state index in [4.69, 9.17) is 0 Å². The van der Waals surface area contributed by atoms with Gasteiger partial charge in [-0.25, -0.2) is 0 Å². The number of hydrogen-bond acceptors (Lipinski definition) is 1. The van der Waals surface area contributed by atoms with E-state index >= 15 is 0 Å². The van der Waals surface area contributed by atoms with E-state index in [1.54, 1.807) is 0 Å². The molecule has 1 nitrogen and oxygen atoms in total. The molecule has 17 heavy (non-hydrogen) atoms. The maximum atomic E-state index is 11.9. The van der Waals surface area contributed by atoms with Gasteiger partial charge in [-0.15, -0.1) is 0 Å². The van der Waals surface area contributed by atoms with Gasteiger partial charge in [0.05, 0.1) is 0 Å². The maximum absolute atomic E-state index is 11.9. The van der Waals surface area contributed by atoms with E-state index in [2.05, 4.69) is 21.2 Å². The third-order valence-corrected chi connectivity index (χ3v) is 2.89. The summed E-state index contributed by atoms with van der Waals surface area (Å²) in [6.45, 7) is 2.36. The van der Waals surface area contributed by atoms with Gasteiger partial charge in [0.1, 0.15) is 0 Å². The van der Waals surface area contributed by atoms with Crippen LogP contribution in [0.2, 0.25) is 0 Å². The molecule has 0 bridgehead atoms. The Hall–Kier alpha value is -0.710. The lowest BCUT2D eigenvalue weighted by molar-refractivity contribution is -0.134. The van der Waals surface area contributed by atoms with Crippen molar-refractivity contribution in [3.63, 3.8) is 0 Å². The molecule has 0 aliphatic carbocycles. The minimum absolute atomic E-state index is 0.0999. The summed E-state index contributed by atoms with van der Waals surface area (Å²) in [5.41, 5.74) is 2.02. The lowest BCUT2D eigenvalue weighted by Crippen LogP contribution is -2.11. The predicted octanol–water partition coefficient (Wildman–Crippen LogP) is 4.77. The molecular formula is C12H15BrF3N. The molecule has 0 amide bonds. The molecule has 0 unspecified atom stereocenters. The highest BCUT2D eigenvalue weighted by atomic mass is 79.9.